The maximum atomic E-state index is 11.8. The molecule has 0 radical (unpaired) electrons. The molecule has 1 aromatic carbocycles. The summed E-state index contributed by atoms with van der Waals surface area (Å²) in [7, 11) is -1.63. The molecule has 1 fully saturated rings. The van der Waals surface area contributed by atoms with Crippen molar-refractivity contribution < 1.29 is 13.2 Å². The molecule has 1 saturated heterocycles. The number of nitrogens with one attached hydrogen (secondary N) is 1. The minimum absolute atomic E-state index is 0.218. The van der Waals surface area contributed by atoms with Crippen LogP contribution in [0.2, 0.25) is 0 Å². The fourth-order valence-corrected chi connectivity index (χ4v) is 3.32. The lowest BCUT2D eigenvalue weighted by molar-refractivity contribution is 0.404. The molecule has 0 aliphatic carbocycles. The van der Waals surface area contributed by atoms with Gasteiger partial charge in [0.05, 0.1) is 12.0 Å². The fourth-order valence-electron chi connectivity index (χ4n) is 2.33. The van der Waals surface area contributed by atoms with Gasteiger partial charge in [0, 0.05) is 24.3 Å². The Balaban J connectivity index is 2.59. The van der Waals surface area contributed by atoms with Gasteiger partial charge in [-0.15, -0.1) is 0 Å². The molecule has 1 atom stereocenters. The summed E-state index contributed by atoms with van der Waals surface area (Å²) in [6, 6.07) is 5.20. The van der Waals surface area contributed by atoms with Crippen molar-refractivity contribution in [2.24, 2.45) is 0 Å². The van der Waals surface area contributed by atoms with Crippen LogP contribution in [0.3, 0.4) is 0 Å². The van der Waals surface area contributed by atoms with E-state index in [-0.39, 0.29) is 5.92 Å². The lowest BCUT2D eigenvalue weighted by atomic mass is 9.97. The summed E-state index contributed by atoms with van der Waals surface area (Å²) < 4.78 is 28.9. The van der Waals surface area contributed by atoms with E-state index in [0.29, 0.717) is 10.6 Å². The molecule has 0 aromatic heterocycles. The number of benzene rings is 1. The average molecular weight is 255 g/mol. The molecule has 2 rings (SSSR count). The molecule has 0 saturated carbocycles. The zero-order valence-electron chi connectivity index (χ0n) is 10.1. The second-order valence-electron chi connectivity index (χ2n) is 4.33. The van der Waals surface area contributed by atoms with Crippen LogP contribution in [-0.4, -0.2) is 34.9 Å². The summed E-state index contributed by atoms with van der Waals surface area (Å²) in [4.78, 5) is 0.394. The quantitative estimate of drug-likeness (QED) is 0.881. The molecular weight excluding hydrogens is 238 g/mol. The minimum atomic E-state index is -3.21. The molecule has 0 spiro atoms. The molecule has 1 N–H and O–H groups in total. The van der Waals surface area contributed by atoms with Crippen molar-refractivity contribution in [2.45, 2.75) is 17.2 Å². The molecule has 1 aliphatic rings. The van der Waals surface area contributed by atoms with Crippen molar-refractivity contribution in [3.05, 3.63) is 23.8 Å². The molecule has 5 heteroatoms. The second kappa shape index (κ2) is 4.66. The van der Waals surface area contributed by atoms with Crippen molar-refractivity contribution in [3.63, 3.8) is 0 Å². The second-order valence-corrected chi connectivity index (χ2v) is 6.32. The van der Waals surface area contributed by atoms with Gasteiger partial charge in [0.2, 0.25) is 0 Å². The van der Waals surface area contributed by atoms with E-state index in [9.17, 15) is 8.42 Å². The number of hydrogen-bond donors (Lipinski definition) is 1. The SMILES string of the molecule is COc1cccc(S(C)(=O)=O)c1C1CCNC1. The van der Waals surface area contributed by atoms with E-state index < -0.39 is 9.84 Å². The number of hydrogen-bond acceptors (Lipinski definition) is 4. The van der Waals surface area contributed by atoms with Crippen molar-refractivity contribution in [2.75, 3.05) is 26.5 Å². The third-order valence-corrected chi connectivity index (χ3v) is 4.27. The molecule has 17 heavy (non-hydrogen) atoms. The van der Waals surface area contributed by atoms with Crippen LogP contribution in [0.15, 0.2) is 23.1 Å². The van der Waals surface area contributed by atoms with Crippen LogP contribution < -0.4 is 10.1 Å². The summed E-state index contributed by atoms with van der Waals surface area (Å²) in [6.45, 7) is 1.73. The van der Waals surface area contributed by atoms with E-state index in [1.807, 2.05) is 6.07 Å². The highest BCUT2D eigenvalue weighted by Gasteiger charge is 2.26. The van der Waals surface area contributed by atoms with Gasteiger partial charge in [0.25, 0.3) is 0 Å². The molecule has 1 heterocycles. The van der Waals surface area contributed by atoms with Crippen molar-refractivity contribution >= 4 is 9.84 Å². The first-order valence-electron chi connectivity index (χ1n) is 5.61. The largest absolute Gasteiger partial charge is 0.496 e. The van der Waals surface area contributed by atoms with Gasteiger partial charge in [0.1, 0.15) is 5.75 Å². The van der Waals surface area contributed by atoms with Crippen LogP contribution in [0.4, 0.5) is 0 Å². The topological polar surface area (TPSA) is 55.4 Å². The lowest BCUT2D eigenvalue weighted by Crippen LogP contribution is -2.12. The van der Waals surface area contributed by atoms with Crippen LogP contribution >= 0.6 is 0 Å². The highest BCUT2D eigenvalue weighted by Crippen LogP contribution is 2.35. The van der Waals surface area contributed by atoms with Gasteiger partial charge in [-0.1, -0.05) is 6.07 Å². The van der Waals surface area contributed by atoms with E-state index in [1.54, 1.807) is 19.2 Å². The van der Waals surface area contributed by atoms with E-state index in [4.69, 9.17) is 4.74 Å². The first kappa shape index (κ1) is 12.4. The molecule has 1 aromatic rings. The van der Waals surface area contributed by atoms with E-state index in [1.165, 1.54) is 6.26 Å². The van der Waals surface area contributed by atoms with Crippen molar-refractivity contribution in [3.8, 4) is 5.75 Å². The number of sulfone groups is 1. The van der Waals surface area contributed by atoms with Gasteiger partial charge in [-0.2, -0.15) is 0 Å². The third-order valence-electron chi connectivity index (χ3n) is 3.11. The van der Waals surface area contributed by atoms with Crippen molar-refractivity contribution in [1.29, 1.82) is 0 Å². The molecule has 1 unspecified atom stereocenters. The molecule has 94 valence electrons. The van der Waals surface area contributed by atoms with Crippen LogP contribution in [0.5, 0.6) is 5.75 Å². The van der Waals surface area contributed by atoms with E-state index in [0.717, 1.165) is 25.1 Å². The fraction of sp³-hybridized carbons (Fsp3) is 0.500. The summed E-state index contributed by atoms with van der Waals surface area (Å²) in [6.07, 6.45) is 2.19. The predicted octanol–water partition coefficient (Wildman–Crippen LogP) is 1.18. The standard InChI is InChI=1S/C12H17NO3S/c1-16-10-4-3-5-11(17(2,14)15)12(10)9-6-7-13-8-9/h3-5,9,13H,6-8H2,1-2H3. The summed E-state index contributed by atoms with van der Waals surface area (Å²) >= 11 is 0. The Kier molecular flexibility index (Phi) is 3.40. The zero-order chi connectivity index (χ0) is 12.5. The third kappa shape index (κ3) is 2.45. The summed E-state index contributed by atoms with van der Waals surface area (Å²) in [5, 5.41) is 3.25. The first-order valence-corrected chi connectivity index (χ1v) is 7.51. The average Bonchev–Trinajstić information content (AvgIpc) is 2.80. The number of ether oxygens (including phenoxy) is 1. The van der Waals surface area contributed by atoms with Gasteiger partial charge < -0.3 is 10.1 Å². The lowest BCUT2D eigenvalue weighted by Gasteiger charge is -2.17. The van der Waals surface area contributed by atoms with Gasteiger partial charge in [0.15, 0.2) is 9.84 Å². The highest BCUT2D eigenvalue weighted by atomic mass is 32.2. The smallest absolute Gasteiger partial charge is 0.175 e. The zero-order valence-corrected chi connectivity index (χ0v) is 10.9. The number of methoxy groups -OCH3 is 1. The maximum Gasteiger partial charge on any atom is 0.175 e. The van der Waals surface area contributed by atoms with Crippen LogP contribution in [-0.2, 0) is 9.84 Å². The molecule has 0 bridgehead atoms. The summed E-state index contributed by atoms with van der Waals surface area (Å²) in [5.41, 5.74) is 0.822. The van der Waals surface area contributed by atoms with Crippen LogP contribution in [0, 0.1) is 0 Å². The monoisotopic (exact) mass is 255 g/mol. The van der Waals surface area contributed by atoms with Gasteiger partial charge in [-0.3, -0.25) is 0 Å². The Bertz CT molecular complexity index is 504. The van der Waals surface area contributed by atoms with Crippen LogP contribution in [0.1, 0.15) is 17.9 Å². The molecule has 0 amide bonds. The van der Waals surface area contributed by atoms with E-state index in [2.05, 4.69) is 5.32 Å². The van der Waals surface area contributed by atoms with Gasteiger partial charge in [-0.05, 0) is 25.1 Å². The van der Waals surface area contributed by atoms with Gasteiger partial charge in [-0.25, -0.2) is 8.42 Å². The minimum Gasteiger partial charge on any atom is -0.496 e. The van der Waals surface area contributed by atoms with Crippen molar-refractivity contribution in [1.82, 2.24) is 5.32 Å². The maximum absolute atomic E-state index is 11.8. The van der Waals surface area contributed by atoms with E-state index >= 15 is 0 Å². The molecule has 1 aliphatic heterocycles. The molecular formula is C12H17NO3S. The summed E-state index contributed by atoms with van der Waals surface area (Å²) in [5.74, 6) is 0.887. The Morgan fingerprint density at radius 2 is 2.18 bits per heavy atom. The van der Waals surface area contributed by atoms with Crippen LogP contribution in [0.25, 0.3) is 0 Å². The van der Waals surface area contributed by atoms with Gasteiger partial charge >= 0.3 is 0 Å². The Hall–Kier alpha value is -1.07. The molecule has 4 nitrogen and oxygen atoms in total. The first-order chi connectivity index (χ1) is 8.04. The Morgan fingerprint density at radius 3 is 2.71 bits per heavy atom. The Morgan fingerprint density at radius 1 is 1.41 bits per heavy atom. The predicted molar refractivity (Wildman–Crippen MR) is 66.3 cm³/mol. The Labute approximate surface area is 102 Å². The highest BCUT2D eigenvalue weighted by molar-refractivity contribution is 7.90. The normalized spacial score (nSPS) is 20.5. The number of rotatable bonds is 3.